The number of rotatable bonds is 5. The molecule has 0 heterocycles. The fraction of sp³-hybridized carbons (Fsp3) is 0.278. The summed E-state index contributed by atoms with van der Waals surface area (Å²) in [6, 6.07) is 12.0. The lowest BCUT2D eigenvalue weighted by molar-refractivity contribution is -0.385. The van der Waals surface area contributed by atoms with E-state index in [4.69, 9.17) is 4.74 Å². The third kappa shape index (κ3) is 4.39. The van der Waals surface area contributed by atoms with Crippen LogP contribution in [0.2, 0.25) is 0 Å². The second-order valence-electron chi connectivity index (χ2n) is 5.58. The maximum absolute atomic E-state index is 12.1. The van der Waals surface area contributed by atoms with Crippen molar-refractivity contribution in [2.24, 2.45) is 0 Å². The van der Waals surface area contributed by atoms with Crippen molar-refractivity contribution in [3.05, 3.63) is 74.8 Å². The Morgan fingerprint density at radius 2 is 1.91 bits per heavy atom. The molecular formula is C18H19NO4. The number of carbonyl (C=O) groups excluding carboxylic acids is 1. The summed E-state index contributed by atoms with van der Waals surface area (Å²) < 4.78 is 5.38. The topological polar surface area (TPSA) is 69.4 Å². The molecule has 23 heavy (non-hydrogen) atoms. The van der Waals surface area contributed by atoms with Gasteiger partial charge in [-0.1, -0.05) is 30.3 Å². The van der Waals surface area contributed by atoms with E-state index < -0.39 is 11.0 Å². The van der Waals surface area contributed by atoms with E-state index in [1.165, 1.54) is 17.7 Å². The van der Waals surface area contributed by atoms with Gasteiger partial charge in [0, 0.05) is 12.1 Å². The predicted octanol–water partition coefficient (Wildman–Crippen LogP) is 4.06. The lowest BCUT2D eigenvalue weighted by atomic mass is 10.0. The van der Waals surface area contributed by atoms with E-state index in [0.717, 1.165) is 11.1 Å². The van der Waals surface area contributed by atoms with Gasteiger partial charge in [-0.2, -0.15) is 0 Å². The largest absolute Gasteiger partial charge is 0.458 e. The molecule has 0 unspecified atom stereocenters. The van der Waals surface area contributed by atoms with Crippen LogP contribution in [0.3, 0.4) is 0 Å². The second-order valence-corrected chi connectivity index (χ2v) is 5.58. The summed E-state index contributed by atoms with van der Waals surface area (Å²) in [6.07, 6.45) is -0.352. The molecule has 1 atom stereocenters. The molecule has 2 aromatic carbocycles. The van der Waals surface area contributed by atoms with Crippen LogP contribution in [0.4, 0.5) is 5.69 Å². The average Bonchev–Trinajstić information content (AvgIpc) is 2.51. The SMILES string of the molecule is Cc1ccc(CC(=O)O[C@@H](C)c2cccc([N+](=O)[O-])c2)cc1C. The number of carbonyl (C=O) groups is 1. The zero-order chi connectivity index (χ0) is 17.0. The van der Waals surface area contributed by atoms with Gasteiger partial charge in [-0.05, 0) is 43.0 Å². The molecule has 0 saturated heterocycles. The number of hydrogen-bond acceptors (Lipinski definition) is 4. The number of nitro benzene ring substituents is 1. The Kier molecular flexibility index (Phi) is 5.11. The Morgan fingerprint density at radius 3 is 2.57 bits per heavy atom. The smallest absolute Gasteiger partial charge is 0.310 e. The van der Waals surface area contributed by atoms with Gasteiger partial charge in [0.25, 0.3) is 5.69 Å². The molecule has 0 radical (unpaired) electrons. The molecule has 2 aromatic rings. The lowest BCUT2D eigenvalue weighted by Gasteiger charge is -2.14. The molecule has 0 amide bonds. The molecule has 0 bridgehead atoms. The minimum atomic E-state index is -0.533. The van der Waals surface area contributed by atoms with Gasteiger partial charge < -0.3 is 4.74 Å². The van der Waals surface area contributed by atoms with Crippen molar-refractivity contribution in [1.82, 2.24) is 0 Å². The van der Waals surface area contributed by atoms with Gasteiger partial charge >= 0.3 is 5.97 Å². The number of non-ortho nitro benzene ring substituents is 1. The van der Waals surface area contributed by atoms with Crippen molar-refractivity contribution in [2.75, 3.05) is 0 Å². The second kappa shape index (κ2) is 7.05. The summed E-state index contributed by atoms with van der Waals surface area (Å²) in [5.41, 5.74) is 3.78. The third-order valence-corrected chi connectivity index (χ3v) is 3.78. The molecular weight excluding hydrogens is 294 g/mol. The molecule has 5 nitrogen and oxygen atoms in total. The van der Waals surface area contributed by atoms with Crippen molar-refractivity contribution in [2.45, 2.75) is 33.3 Å². The van der Waals surface area contributed by atoms with Crippen LogP contribution in [0, 0.1) is 24.0 Å². The first-order chi connectivity index (χ1) is 10.9. The van der Waals surface area contributed by atoms with Gasteiger partial charge in [-0.25, -0.2) is 0 Å². The maximum Gasteiger partial charge on any atom is 0.310 e. The fourth-order valence-corrected chi connectivity index (χ4v) is 2.28. The Bertz CT molecular complexity index is 740. The summed E-state index contributed by atoms with van der Waals surface area (Å²) in [6.45, 7) is 5.72. The number of benzene rings is 2. The molecule has 120 valence electrons. The van der Waals surface area contributed by atoms with Gasteiger partial charge in [0.2, 0.25) is 0 Å². The number of hydrogen-bond donors (Lipinski definition) is 0. The van der Waals surface area contributed by atoms with Gasteiger partial charge in [0.1, 0.15) is 6.10 Å². The van der Waals surface area contributed by atoms with Crippen LogP contribution in [0.25, 0.3) is 0 Å². The van der Waals surface area contributed by atoms with Crippen LogP contribution in [-0.4, -0.2) is 10.9 Å². The van der Waals surface area contributed by atoms with E-state index >= 15 is 0 Å². The number of nitrogens with zero attached hydrogens (tertiary/aromatic N) is 1. The highest BCUT2D eigenvalue weighted by Crippen LogP contribution is 2.22. The molecule has 0 aliphatic heterocycles. The van der Waals surface area contributed by atoms with Crippen molar-refractivity contribution in [3.8, 4) is 0 Å². The van der Waals surface area contributed by atoms with Crippen LogP contribution in [-0.2, 0) is 16.0 Å². The molecule has 0 fully saturated rings. The van der Waals surface area contributed by atoms with E-state index in [9.17, 15) is 14.9 Å². The van der Waals surface area contributed by atoms with E-state index in [2.05, 4.69) is 0 Å². The lowest BCUT2D eigenvalue weighted by Crippen LogP contribution is -2.11. The summed E-state index contributed by atoms with van der Waals surface area (Å²) in [7, 11) is 0. The first-order valence-electron chi connectivity index (χ1n) is 7.37. The average molecular weight is 313 g/mol. The molecule has 0 spiro atoms. The molecule has 2 rings (SSSR count). The summed E-state index contributed by atoms with van der Waals surface area (Å²) >= 11 is 0. The van der Waals surface area contributed by atoms with Crippen LogP contribution >= 0.6 is 0 Å². The van der Waals surface area contributed by atoms with Crippen LogP contribution in [0.5, 0.6) is 0 Å². The van der Waals surface area contributed by atoms with Gasteiger partial charge in [0.05, 0.1) is 11.3 Å². The van der Waals surface area contributed by atoms with Crippen LogP contribution in [0.1, 0.15) is 35.3 Å². The quantitative estimate of drug-likeness (QED) is 0.474. The Hall–Kier alpha value is -2.69. The first-order valence-corrected chi connectivity index (χ1v) is 7.37. The first kappa shape index (κ1) is 16.7. The van der Waals surface area contributed by atoms with Crippen molar-refractivity contribution in [3.63, 3.8) is 0 Å². The minimum Gasteiger partial charge on any atom is -0.458 e. The summed E-state index contributed by atoms with van der Waals surface area (Å²) in [5.74, 6) is -0.354. The van der Waals surface area contributed by atoms with Crippen molar-refractivity contribution >= 4 is 11.7 Å². The van der Waals surface area contributed by atoms with E-state index in [1.54, 1.807) is 19.1 Å². The molecule has 5 heteroatoms. The highest BCUT2D eigenvalue weighted by molar-refractivity contribution is 5.73. The number of ether oxygens (including phenoxy) is 1. The van der Waals surface area contributed by atoms with Gasteiger partial charge in [-0.3, -0.25) is 14.9 Å². The maximum atomic E-state index is 12.1. The normalized spacial score (nSPS) is 11.8. The zero-order valence-corrected chi connectivity index (χ0v) is 13.4. The highest BCUT2D eigenvalue weighted by atomic mass is 16.6. The molecule has 0 aliphatic rings. The molecule has 0 aromatic heterocycles. The van der Waals surface area contributed by atoms with E-state index in [-0.39, 0.29) is 18.1 Å². The highest BCUT2D eigenvalue weighted by Gasteiger charge is 2.15. The molecule has 0 N–H and O–H groups in total. The predicted molar refractivity (Wildman–Crippen MR) is 87.2 cm³/mol. The zero-order valence-electron chi connectivity index (χ0n) is 13.4. The van der Waals surface area contributed by atoms with Crippen LogP contribution < -0.4 is 0 Å². The Labute approximate surface area is 135 Å². The monoisotopic (exact) mass is 313 g/mol. The summed E-state index contributed by atoms with van der Waals surface area (Å²) in [4.78, 5) is 22.4. The molecule has 0 saturated carbocycles. The standard InChI is InChI=1S/C18H19NO4/c1-12-7-8-15(9-13(12)2)10-18(20)23-14(3)16-5-4-6-17(11-16)19(21)22/h4-9,11,14H,10H2,1-3H3/t14-/m0/s1. The van der Waals surface area contributed by atoms with Gasteiger partial charge in [-0.15, -0.1) is 0 Å². The summed E-state index contributed by atoms with van der Waals surface area (Å²) in [5, 5.41) is 10.8. The van der Waals surface area contributed by atoms with Crippen molar-refractivity contribution < 1.29 is 14.5 Å². The number of nitro groups is 1. The van der Waals surface area contributed by atoms with Crippen LogP contribution in [0.15, 0.2) is 42.5 Å². The molecule has 0 aliphatic carbocycles. The minimum absolute atomic E-state index is 0.0143. The number of aryl methyl sites for hydroxylation is 2. The Morgan fingerprint density at radius 1 is 1.17 bits per heavy atom. The fourth-order valence-electron chi connectivity index (χ4n) is 2.28. The van der Waals surface area contributed by atoms with E-state index in [1.807, 2.05) is 32.0 Å². The van der Waals surface area contributed by atoms with Gasteiger partial charge in [0.15, 0.2) is 0 Å². The number of esters is 1. The third-order valence-electron chi connectivity index (χ3n) is 3.78. The Balaban J connectivity index is 2.03. The van der Waals surface area contributed by atoms with Crippen molar-refractivity contribution in [1.29, 1.82) is 0 Å². The van der Waals surface area contributed by atoms with E-state index in [0.29, 0.717) is 5.56 Å².